The lowest BCUT2D eigenvalue weighted by molar-refractivity contribution is -0.139. The Kier molecular flexibility index (Phi) is 5.52. The number of carbonyl (C=O) groups is 1. The number of allylic oxidation sites excluding steroid dienone is 2. The second-order valence-corrected chi connectivity index (χ2v) is 5.60. The van der Waals surface area contributed by atoms with Crippen LogP contribution in [0.2, 0.25) is 0 Å². The summed E-state index contributed by atoms with van der Waals surface area (Å²) in [5.41, 5.74) is 7.63. The lowest BCUT2D eigenvalue weighted by atomic mass is 9.74. The fourth-order valence-corrected chi connectivity index (χ4v) is 2.80. The first kappa shape index (κ1) is 18.6. The highest BCUT2D eigenvalue weighted by Gasteiger charge is 2.37. The number of carbonyl (C=O) groups excluding carboxylic acids is 1. The summed E-state index contributed by atoms with van der Waals surface area (Å²) in [6.45, 7) is 5.20. The van der Waals surface area contributed by atoms with Crippen LogP contribution in [0.15, 0.2) is 41.0 Å². The highest BCUT2D eigenvalue weighted by molar-refractivity contribution is 6.58. The van der Waals surface area contributed by atoms with Crippen LogP contribution in [0.4, 0.5) is 0 Å². The monoisotopic (exact) mass is 342 g/mol. The molecule has 4 N–H and O–H groups in total. The molecule has 1 unspecified atom stereocenters. The van der Waals surface area contributed by atoms with Crippen LogP contribution < -0.4 is 11.2 Å². The van der Waals surface area contributed by atoms with Crippen molar-refractivity contribution < 1.29 is 24.3 Å². The molecule has 1 aromatic rings. The summed E-state index contributed by atoms with van der Waals surface area (Å²) in [6.07, 6.45) is 0. The molecule has 1 atom stereocenters. The third kappa shape index (κ3) is 3.53. The van der Waals surface area contributed by atoms with E-state index < -0.39 is 19.0 Å². The summed E-state index contributed by atoms with van der Waals surface area (Å²) in [6, 6.07) is 6.76. The van der Waals surface area contributed by atoms with E-state index in [0.29, 0.717) is 5.56 Å². The van der Waals surface area contributed by atoms with Crippen LogP contribution in [0.5, 0.6) is 0 Å². The van der Waals surface area contributed by atoms with Gasteiger partial charge in [-0.25, -0.2) is 4.79 Å². The van der Waals surface area contributed by atoms with E-state index in [4.69, 9.17) is 15.2 Å². The molecule has 130 valence electrons. The van der Waals surface area contributed by atoms with Crippen molar-refractivity contribution in [2.24, 2.45) is 5.73 Å². The van der Waals surface area contributed by atoms with E-state index in [0.717, 1.165) is 5.56 Å². The summed E-state index contributed by atoms with van der Waals surface area (Å²) < 4.78 is 10.5. The standard InChI is InChI=1S/C17H19BN2O5/c1-4-24-17(21)14-10(3)25-16(20)13(8-19)15(14)12-7-11(18(22)23)6-5-9(12)2/h5-7,15,22-23H,4,20H2,1-3H3. The van der Waals surface area contributed by atoms with Crippen molar-refractivity contribution in [2.75, 3.05) is 6.61 Å². The maximum Gasteiger partial charge on any atom is 0.488 e. The summed E-state index contributed by atoms with van der Waals surface area (Å²) in [7, 11) is -1.68. The zero-order chi connectivity index (χ0) is 18.7. The quantitative estimate of drug-likeness (QED) is 0.531. The minimum Gasteiger partial charge on any atom is -0.463 e. The zero-order valence-corrected chi connectivity index (χ0v) is 14.2. The van der Waals surface area contributed by atoms with E-state index in [1.807, 2.05) is 6.07 Å². The van der Waals surface area contributed by atoms with Gasteiger partial charge in [0.25, 0.3) is 0 Å². The van der Waals surface area contributed by atoms with E-state index >= 15 is 0 Å². The van der Waals surface area contributed by atoms with Gasteiger partial charge in [-0.1, -0.05) is 18.2 Å². The van der Waals surface area contributed by atoms with E-state index in [-0.39, 0.29) is 34.9 Å². The van der Waals surface area contributed by atoms with Crippen LogP contribution >= 0.6 is 0 Å². The van der Waals surface area contributed by atoms with Gasteiger partial charge in [0.2, 0.25) is 5.88 Å². The van der Waals surface area contributed by atoms with E-state index in [1.54, 1.807) is 32.9 Å². The smallest absolute Gasteiger partial charge is 0.463 e. The van der Waals surface area contributed by atoms with Crippen LogP contribution in [-0.4, -0.2) is 29.7 Å². The van der Waals surface area contributed by atoms with Gasteiger partial charge >= 0.3 is 13.1 Å². The van der Waals surface area contributed by atoms with Crippen molar-refractivity contribution in [3.05, 3.63) is 52.1 Å². The average Bonchev–Trinajstić information content (AvgIpc) is 2.54. The average molecular weight is 342 g/mol. The molecular weight excluding hydrogens is 323 g/mol. The number of nitriles is 1. The van der Waals surface area contributed by atoms with Crippen LogP contribution in [0, 0.1) is 18.3 Å². The molecule has 0 spiro atoms. The number of hydrogen-bond donors (Lipinski definition) is 3. The second kappa shape index (κ2) is 7.42. The first-order valence-corrected chi connectivity index (χ1v) is 7.73. The van der Waals surface area contributed by atoms with Crippen molar-refractivity contribution in [1.82, 2.24) is 0 Å². The van der Waals surface area contributed by atoms with E-state index in [9.17, 15) is 20.1 Å². The molecule has 0 saturated heterocycles. The Morgan fingerprint density at radius 3 is 2.68 bits per heavy atom. The highest BCUT2D eigenvalue weighted by atomic mass is 16.5. The van der Waals surface area contributed by atoms with Gasteiger partial charge in [0.15, 0.2) is 0 Å². The normalized spacial score (nSPS) is 17.0. The molecule has 0 amide bonds. The molecule has 8 heteroatoms. The molecule has 1 aliphatic heterocycles. The Labute approximate surface area is 146 Å². The molecule has 0 aliphatic carbocycles. The molecular formula is C17H19BN2O5. The minimum absolute atomic E-state index is 0.0707. The Morgan fingerprint density at radius 2 is 2.12 bits per heavy atom. The van der Waals surface area contributed by atoms with Gasteiger partial charge in [0.05, 0.1) is 18.1 Å². The molecule has 2 rings (SSSR count). The highest BCUT2D eigenvalue weighted by Crippen LogP contribution is 2.40. The summed E-state index contributed by atoms with van der Waals surface area (Å²) >= 11 is 0. The molecule has 7 nitrogen and oxygen atoms in total. The van der Waals surface area contributed by atoms with Crippen molar-refractivity contribution >= 4 is 18.6 Å². The number of rotatable bonds is 4. The third-order valence-electron chi connectivity index (χ3n) is 4.01. The van der Waals surface area contributed by atoms with Crippen LogP contribution in [0.25, 0.3) is 0 Å². The molecule has 0 saturated carbocycles. The maximum atomic E-state index is 12.5. The van der Waals surface area contributed by atoms with E-state index in [1.165, 1.54) is 6.07 Å². The number of nitrogens with zero attached hydrogens (tertiary/aromatic N) is 1. The number of esters is 1. The Hall–Kier alpha value is -2.76. The second-order valence-electron chi connectivity index (χ2n) is 5.60. The molecule has 0 fully saturated rings. The number of aryl methyl sites for hydroxylation is 1. The van der Waals surface area contributed by atoms with Gasteiger partial charge in [0, 0.05) is 0 Å². The number of hydrogen-bond acceptors (Lipinski definition) is 7. The van der Waals surface area contributed by atoms with Gasteiger partial charge in [-0.15, -0.1) is 0 Å². The zero-order valence-electron chi connectivity index (χ0n) is 14.2. The predicted octanol–water partition coefficient (Wildman–Crippen LogP) is 0.320. The SMILES string of the molecule is CCOC(=O)C1=C(C)OC(N)=C(C#N)C1c1cc(B(O)O)ccc1C. The molecule has 0 bridgehead atoms. The van der Waals surface area contributed by atoms with Gasteiger partial charge in [-0.05, 0) is 37.4 Å². The fraction of sp³-hybridized carbons (Fsp3) is 0.294. The van der Waals surface area contributed by atoms with Gasteiger partial charge < -0.3 is 25.3 Å². The lowest BCUT2D eigenvalue weighted by Gasteiger charge is -2.28. The van der Waals surface area contributed by atoms with Gasteiger partial charge in [-0.2, -0.15) is 5.26 Å². The van der Waals surface area contributed by atoms with Crippen molar-refractivity contribution in [2.45, 2.75) is 26.7 Å². The number of ether oxygens (including phenoxy) is 2. The summed E-state index contributed by atoms with van der Waals surface area (Å²) in [5.74, 6) is -1.27. The Bertz CT molecular complexity index is 808. The molecule has 25 heavy (non-hydrogen) atoms. The minimum atomic E-state index is -1.68. The lowest BCUT2D eigenvalue weighted by Crippen LogP contribution is -2.32. The predicted molar refractivity (Wildman–Crippen MR) is 91.0 cm³/mol. The molecule has 0 radical (unpaired) electrons. The summed E-state index contributed by atoms with van der Waals surface area (Å²) in [5, 5.41) is 28.4. The number of nitrogens with two attached hydrogens (primary N) is 1. The fourth-order valence-electron chi connectivity index (χ4n) is 2.80. The largest absolute Gasteiger partial charge is 0.488 e. The van der Waals surface area contributed by atoms with E-state index in [2.05, 4.69) is 0 Å². The van der Waals surface area contributed by atoms with Gasteiger partial charge in [-0.3, -0.25) is 0 Å². The third-order valence-corrected chi connectivity index (χ3v) is 4.01. The van der Waals surface area contributed by atoms with Crippen LogP contribution in [0.3, 0.4) is 0 Å². The topological polar surface area (TPSA) is 126 Å². The van der Waals surface area contributed by atoms with Gasteiger partial charge in [0.1, 0.15) is 17.4 Å². The molecule has 0 aromatic heterocycles. The first-order valence-electron chi connectivity index (χ1n) is 7.73. The van der Waals surface area contributed by atoms with Crippen molar-refractivity contribution in [1.29, 1.82) is 5.26 Å². The molecule has 1 aromatic carbocycles. The molecule has 1 aliphatic rings. The van der Waals surface area contributed by atoms with Crippen LogP contribution in [0.1, 0.15) is 30.9 Å². The van der Waals surface area contributed by atoms with Crippen molar-refractivity contribution in [3.8, 4) is 6.07 Å². The Morgan fingerprint density at radius 1 is 1.44 bits per heavy atom. The van der Waals surface area contributed by atoms with Crippen molar-refractivity contribution in [3.63, 3.8) is 0 Å². The summed E-state index contributed by atoms with van der Waals surface area (Å²) in [4.78, 5) is 12.5. The Balaban J connectivity index is 2.71. The van der Waals surface area contributed by atoms with Crippen LogP contribution in [-0.2, 0) is 14.3 Å². The first-order chi connectivity index (χ1) is 11.8. The maximum absolute atomic E-state index is 12.5. The molecule has 1 heterocycles. The number of benzene rings is 1.